The third kappa shape index (κ3) is 13.2. The summed E-state index contributed by atoms with van der Waals surface area (Å²) in [6, 6.07) is 9.69. The van der Waals surface area contributed by atoms with Gasteiger partial charge in [-0.2, -0.15) is 10.2 Å². The number of phosphoric ester groups is 1. The number of rotatable bonds is 19. The zero-order valence-corrected chi connectivity index (χ0v) is 37.3. The van der Waals surface area contributed by atoms with E-state index in [0.29, 0.717) is 36.0 Å². The number of benzene rings is 1. The Hall–Kier alpha value is -3.16. The number of aliphatic imine (C=N–C) groups is 1. The Kier molecular flexibility index (Phi) is 17.3. The molecule has 3 heterocycles. The summed E-state index contributed by atoms with van der Waals surface area (Å²) < 4.78 is 53.7. The molecule has 57 heavy (non-hydrogen) atoms. The fraction of sp³-hybridized carbons (Fsp3) is 0.659. The molecule has 0 aliphatic carbocycles. The lowest BCUT2D eigenvalue weighted by Crippen LogP contribution is -2.35. The molecule has 2 aliphatic rings. The van der Waals surface area contributed by atoms with Crippen LogP contribution in [0.2, 0.25) is 0 Å². The number of nitrogens with zero attached hydrogens (tertiary/aromatic N) is 6. The maximum Gasteiger partial charge on any atom is 0.530 e. The molecule has 4 rings (SSSR count). The highest BCUT2D eigenvalue weighted by Crippen LogP contribution is 2.60. The third-order valence-electron chi connectivity index (χ3n) is 9.04. The highest BCUT2D eigenvalue weighted by atomic mass is 31.2. The van der Waals surface area contributed by atoms with Crippen molar-refractivity contribution >= 4 is 28.5 Å². The van der Waals surface area contributed by atoms with Crippen molar-refractivity contribution in [2.45, 2.75) is 138 Å². The third-order valence-corrected chi connectivity index (χ3v) is 12.8. The summed E-state index contributed by atoms with van der Waals surface area (Å²) in [5, 5.41) is 9.17. The normalized spacial score (nSPS) is 22.2. The molecule has 0 spiro atoms. The number of hydrogen-bond donors (Lipinski definition) is 0. The molecule has 1 saturated heterocycles. The minimum absolute atomic E-state index is 0.0309. The van der Waals surface area contributed by atoms with Gasteiger partial charge in [-0.3, -0.25) is 13.6 Å². The molecule has 0 N–H and O–H groups in total. The van der Waals surface area contributed by atoms with E-state index in [9.17, 15) is 9.36 Å². The molecule has 1 fully saturated rings. The molecule has 0 radical (unpaired) electrons. The van der Waals surface area contributed by atoms with Crippen LogP contribution in [0.3, 0.4) is 0 Å². The van der Waals surface area contributed by atoms with Crippen molar-refractivity contribution in [1.82, 2.24) is 19.1 Å². The molecule has 1 aromatic carbocycles. The number of hydrogen-bond acceptors (Lipinski definition) is 12. The van der Waals surface area contributed by atoms with E-state index in [0.717, 1.165) is 18.7 Å². The van der Waals surface area contributed by atoms with Gasteiger partial charge < -0.3 is 23.2 Å². The average molecular weight is 829 g/mol. The first-order valence-electron chi connectivity index (χ1n) is 20.0. The number of ether oxygens (including phenoxy) is 1. The lowest BCUT2D eigenvalue weighted by Gasteiger charge is -2.37. The highest BCUT2D eigenvalue weighted by molar-refractivity contribution is 7.49. The van der Waals surface area contributed by atoms with Gasteiger partial charge in [-0.15, -0.1) is 0 Å². The zero-order chi connectivity index (χ0) is 41.9. The summed E-state index contributed by atoms with van der Waals surface area (Å²) in [7, 11) is -5.45. The second kappa shape index (κ2) is 21.2. The van der Waals surface area contributed by atoms with Gasteiger partial charge in [0.2, 0.25) is 0 Å². The summed E-state index contributed by atoms with van der Waals surface area (Å²) in [4.78, 5) is 25.0. The maximum atomic E-state index is 13.7. The minimum Gasteiger partial charge on any atom is -0.404 e. The molecule has 14 nitrogen and oxygen atoms in total. The van der Waals surface area contributed by atoms with Gasteiger partial charge in [-0.1, -0.05) is 64.7 Å². The molecule has 2 aliphatic heterocycles. The van der Waals surface area contributed by atoms with Crippen LogP contribution in [0.15, 0.2) is 40.2 Å². The molecular formula is C41H62N6O8P2. The Labute approximate surface area is 340 Å². The van der Waals surface area contributed by atoms with Crippen LogP contribution in [-0.2, 0) is 33.0 Å². The summed E-state index contributed by atoms with van der Waals surface area (Å²) in [6.45, 7) is 24.4. The largest absolute Gasteiger partial charge is 0.530 e. The molecule has 314 valence electrons. The standard InChI is InChI=1S/C41H62N6O8P2/c1-12-35-37(53-56(50-22-17-21-42)47(31(6)7)32(8)9)24-38(52-35)46-27-33(39(44-40(46)48)43-28-45(25-29(2)3)26-30(4)5)18-15-16-23-51-57(49)54-36-20-14-13-19-34(36)41(10,11)55-57/h13-14,19-20,27-32,35,37-38H,12,16-17,22-26H2,1-11H3/b43-28+. The Morgan fingerprint density at radius 3 is 2.40 bits per heavy atom. The Balaban J connectivity index is 1.61. The second-order valence-corrected chi connectivity index (χ2v) is 19.1. The molecular weight excluding hydrogens is 766 g/mol. The predicted molar refractivity (Wildman–Crippen MR) is 223 cm³/mol. The number of phosphoric acid groups is 1. The molecule has 2 aromatic rings. The quantitative estimate of drug-likeness (QED) is 0.0437. The first kappa shape index (κ1) is 46.5. The summed E-state index contributed by atoms with van der Waals surface area (Å²) in [5.41, 5.74) is -0.204. The lowest BCUT2D eigenvalue weighted by molar-refractivity contribution is -0.0200. The Morgan fingerprint density at radius 2 is 1.77 bits per heavy atom. The van der Waals surface area contributed by atoms with Gasteiger partial charge in [-0.05, 0) is 65.9 Å². The van der Waals surface area contributed by atoms with E-state index in [2.05, 4.69) is 92.8 Å². The number of para-hydroxylation sites is 1. The average Bonchev–Trinajstić information content (AvgIpc) is 3.52. The fourth-order valence-electron chi connectivity index (χ4n) is 6.78. The monoisotopic (exact) mass is 828 g/mol. The lowest BCUT2D eigenvalue weighted by atomic mass is 9.98. The van der Waals surface area contributed by atoms with Crippen molar-refractivity contribution in [2.75, 3.05) is 26.3 Å². The van der Waals surface area contributed by atoms with Gasteiger partial charge in [-0.25, -0.2) is 19.0 Å². The number of fused-ring (bicyclic) bond motifs is 1. The van der Waals surface area contributed by atoms with Gasteiger partial charge in [0, 0.05) is 49.8 Å². The van der Waals surface area contributed by atoms with Gasteiger partial charge >= 0.3 is 13.5 Å². The second-order valence-electron chi connectivity index (χ2n) is 16.1. The van der Waals surface area contributed by atoms with E-state index in [-0.39, 0.29) is 56.2 Å². The van der Waals surface area contributed by atoms with E-state index in [1.54, 1.807) is 24.7 Å². The molecule has 0 bridgehead atoms. The first-order chi connectivity index (χ1) is 27.0. The zero-order valence-electron chi connectivity index (χ0n) is 35.5. The van der Waals surface area contributed by atoms with Crippen molar-refractivity contribution in [2.24, 2.45) is 16.8 Å². The molecule has 5 unspecified atom stereocenters. The SMILES string of the molecule is CCC1OC(n2cc(C#CCCOP3(=O)Oc4ccccc4C(C)(C)O3)c(/N=C/N(CC(C)C)CC(C)C)nc2=O)CC1OP(OCCC#N)N(C(C)C)C(C)C. The summed E-state index contributed by atoms with van der Waals surface area (Å²) in [5.74, 6) is 7.65. The van der Waals surface area contributed by atoms with Crippen LogP contribution < -0.4 is 10.2 Å². The van der Waals surface area contributed by atoms with Crippen LogP contribution in [0.5, 0.6) is 5.75 Å². The predicted octanol–water partition coefficient (Wildman–Crippen LogP) is 9.09. The topological polar surface area (TPSA) is 150 Å². The number of nitriles is 1. The number of aromatic nitrogens is 2. The van der Waals surface area contributed by atoms with Crippen molar-refractivity contribution < 1.29 is 31.9 Å². The fourth-order valence-corrected chi connectivity index (χ4v) is 10.1. The molecule has 1 aromatic heterocycles. The van der Waals surface area contributed by atoms with Crippen LogP contribution in [0, 0.1) is 35.0 Å². The Morgan fingerprint density at radius 1 is 1.09 bits per heavy atom. The molecule has 0 amide bonds. The maximum absolute atomic E-state index is 13.7. The van der Waals surface area contributed by atoms with Gasteiger partial charge in [0.15, 0.2) is 5.82 Å². The van der Waals surface area contributed by atoms with Crippen molar-refractivity contribution in [1.29, 1.82) is 5.26 Å². The van der Waals surface area contributed by atoms with Crippen molar-refractivity contribution in [3.05, 3.63) is 52.1 Å². The van der Waals surface area contributed by atoms with Crippen molar-refractivity contribution in [3.63, 3.8) is 0 Å². The van der Waals surface area contributed by atoms with Crippen LogP contribution in [0.25, 0.3) is 0 Å². The summed E-state index contributed by atoms with van der Waals surface area (Å²) in [6.07, 6.45) is 3.44. The molecule has 16 heteroatoms. The van der Waals surface area contributed by atoms with E-state index >= 15 is 0 Å². The first-order valence-corrected chi connectivity index (χ1v) is 22.6. The van der Waals surface area contributed by atoms with Gasteiger partial charge in [0.25, 0.3) is 8.53 Å². The van der Waals surface area contributed by atoms with Crippen molar-refractivity contribution in [3.8, 4) is 23.7 Å². The Bertz CT molecular complexity index is 1850. The van der Waals surface area contributed by atoms with Crippen LogP contribution >= 0.6 is 16.3 Å². The van der Waals surface area contributed by atoms with Crippen LogP contribution in [-0.4, -0.2) is 76.1 Å². The van der Waals surface area contributed by atoms with E-state index < -0.39 is 33.9 Å². The smallest absolute Gasteiger partial charge is 0.404 e. The van der Waals surface area contributed by atoms with Gasteiger partial charge in [0.1, 0.15) is 17.6 Å². The molecule has 5 atom stereocenters. The van der Waals surface area contributed by atoms with E-state index in [1.165, 1.54) is 4.57 Å². The summed E-state index contributed by atoms with van der Waals surface area (Å²) >= 11 is 0. The highest BCUT2D eigenvalue weighted by Gasteiger charge is 2.44. The van der Waals surface area contributed by atoms with Crippen LogP contribution in [0.1, 0.15) is 119 Å². The molecule has 0 saturated carbocycles. The van der Waals surface area contributed by atoms with E-state index in [1.807, 2.05) is 32.9 Å². The van der Waals surface area contributed by atoms with Crippen LogP contribution in [0.4, 0.5) is 5.82 Å². The van der Waals surface area contributed by atoms with Gasteiger partial charge in [0.05, 0.1) is 49.8 Å². The van der Waals surface area contributed by atoms with E-state index in [4.69, 9.17) is 32.6 Å². The minimum atomic E-state index is -3.92.